The first-order valence-corrected chi connectivity index (χ1v) is 6.68. The molecular formula is C17H18FNO2. The Balaban J connectivity index is 2.30. The van der Waals surface area contributed by atoms with Crippen LogP contribution in [0.1, 0.15) is 28.4 Å². The smallest absolute Gasteiger partial charge is 0.163 e. The van der Waals surface area contributed by atoms with E-state index in [1.807, 2.05) is 43.1 Å². The molecule has 2 rings (SSSR count). The summed E-state index contributed by atoms with van der Waals surface area (Å²) in [4.78, 5) is 13.3. The molecule has 110 valence electrons. The predicted octanol–water partition coefficient (Wildman–Crippen LogP) is 3.68. The molecule has 2 aromatic rings. The molecule has 0 radical (unpaired) electrons. The van der Waals surface area contributed by atoms with E-state index in [-0.39, 0.29) is 17.1 Å². The highest BCUT2D eigenvalue weighted by atomic mass is 19.1. The minimum atomic E-state index is -0.523. The van der Waals surface area contributed by atoms with E-state index in [1.54, 1.807) is 0 Å². The van der Waals surface area contributed by atoms with Gasteiger partial charge in [-0.15, -0.1) is 0 Å². The van der Waals surface area contributed by atoms with Gasteiger partial charge in [-0.3, -0.25) is 4.79 Å². The largest absolute Gasteiger partial charge is 0.507 e. The topological polar surface area (TPSA) is 40.5 Å². The number of aromatic hydroxyl groups is 1. The van der Waals surface area contributed by atoms with Crippen molar-refractivity contribution in [2.45, 2.75) is 20.4 Å². The van der Waals surface area contributed by atoms with Gasteiger partial charge in [-0.25, -0.2) is 4.39 Å². The van der Waals surface area contributed by atoms with Crippen molar-refractivity contribution in [1.29, 1.82) is 0 Å². The van der Waals surface area contributed by atoms with Gasteiger partial charge in [-0.2, -0.15) is 0 Å². The second kappa shape index (κ2) is 5.95. The van der Waals surface area contributed by atoms with Crippen LogP contribution in [-0.2, 0) is 6.54 Å². The molecule has 4 heteroatoms. The third-order valence-corrected chi connectivity index (χ3v) is 3.42. The molecule has 0 amide bonds. The summed E-state index contributed by atoms with van der Waals surface area (Å²) in [6, 6.07) is 10.2. The first kappa shape index (κ1) is 15.0. The van der Waals surface area contributed by atoms with Crippen LogP contribution in [-0.4, -0.2) is 17.9 Å². The molecule has 0 bridgehead atoms. The molecule has 0 unspecified atom stereocenters. The Morgan fingerprint density at radius 2 is 1.86 bits per heavy atom. The Bertz CT molecular complexity index is 665. The van der Waals surface area contributed by atoms with E-state index >= 15 is 0 Å². The van der Waals surface area contributed by atoms with E-state index in [4.69, 9.17) is 0 Å². The summed E-state index contributed by atoms with van der Waals surface area (Å²) in [5.41, 5.74) is 2.51. The maximum absolute atomic E-state index is 13.6. The zero-order chi connectivity index (χ0) is 15.6. The van der Waals surface area contributed by atoms with Crippen molar-refractivity contribution in [2.24, 2.45) is 0 Å². The zero-order valence-electron chi connectivity index (χ0n) is 12.4. The van der Waals surface area contributed by atoms with Crippen LogP contribution in [0, 0.1) is 12.7 Å². The summed E-state index contributed by atoms with van der Waals surface area (Å²) in [6.45, 7) is 3.62. The molecule has 2 aromatic carbocycles. The summed E-state index contributed by atoms with van der Waals surface area (Å²) in [5.74, 6) is -1.03. The Hall–Kier alpha value is -2.36. The van der Waals surface area contributed by atoms with Crippen molar-refractivity contribution in [3.63, 3.8) is 0 Å². The first-order chi connectivity index (χ1) is 9.88. The molecular weight excluding hydrogens is 269 g/mol. The molecule has 1 N–H and O–H groups in total. The average molecular weight is 287 g/mol. The van der Waals surface area contributed by atoms with Gasteiger partial charge in [-0.05, 0) is 38.1 Å². The van der Waals surface area contributed by atoms with E-state index in [9.17, 15) is 14.3 Å². The van der Waals surface area contributed by atoms with Gasteiger partial charge in [0.2, 0.25) is 0 Å². The Kier molecular flexibility index (Phi) is 4.26. The molecule has 0 fully saturated rings. The molecule has 0 heterocycles. The van der Waals surface area contributed by atoms with Gasteiger partial charge in [0.15, 0.2) is 5.78 Å². The summed E-state index contributed by atoms with van der Waals surface area (Å²) in [5, 5.41) is 10.1. The summed E-state index contributed by atoms with van der Waals surface area (Å²) < 4.78 is 13.6. The number of anilines is 1. The minimum absolute atomic E-state index is 0.0160. The molecule has 0 aliphatic rings. The molecule has 0 aliphatic carbocycles. The van der Waals surface area contributed by atoms with Crippen LogP contribution in [0.3, 0.4) is 0 Å². The molecule has 0 aromatic heterocycles. The van der Waals surface area contributed by atoms with E-state index in [0.29, 0.717) is 12.1 Å². The molecule has 3 nitrogen and oxygen atoms in total. The molecule has 0 atom stereocenters. The number of hydrogen-bond acceptors (Lipinski definition) is 3. The Labute approximate surface area is 123 Å². The number of halogens is 1. The molecule has 21 heavy (non-hydrogen) atoms. The van der Waals surface area contributed by atoms with Crippen LogP contribution in [0.15, 0.2) is 36.4 Å². The lowest BCUT2D eigenvalue weighted by atomic mass is 10.0. The maximum Gasteiger partial charge on any atom is 0.163 e. The number of hydrogen-bond donors (Lipinski definition) is 1. The number of phenolic OH excluding ortho intramolecular Hbond substituents is 1. The van der Waals surface area contributed by atoms with Crippen LogP contribution in [0.25, 0.3) is 0 Å². The summed E-state index contributed by atoms with van der Waals surface area (Å²) in [6.07, 6.45) is 0. The Morgan fingerprint density at radius 3 is 2.43 bits per heavy atom. The molecule has 0 saturated carbocycles. The number of nitrogens with zero attached hydrogens (tertiary/aromatic N) is 1. The average Bonchev–Trinajstić information content (AvgIpc) is 2.42. The van der Waals surface area contributed by atoms with Gasteiger partial charge in [0.1, 0.15) is 11.6 Å². The van der Waals surface area contributed by atoms with Crippen molar-refractivity contribution in [2.75, 3.05) is 11.9 Å². The van der Waals surface area contributed by atoms with Gasteiger partial charge in [0, 0.05) is 24.8 Å². The van der Waals surface area contributed by atoms with Gasteiger partial charge in [0.05, 0.1) is 5.56 Å². The van der Waals surface area contributed by atoms with Crippen LogP contribution < -0.4 is 4.90 Å². The van der Waals surface area contributed by atoms with E-state index in [1.165, 1.54) is 13.0 Å². The lowest BCUT2D eigenvalue weighted by molar-refractivity contribution is 0.101. The Morgan fingerprint density at radius 1 is 1.24 bits per heavy atom. The highest BCUT2D eigenvalue weighted by molar-refractivity contribution is 5.97. The van der Waals surface area contributed by atoms with Crippen LogP contribution in [0.4, 0.5) is 10.1 Å². The quantitative estimate of drug-likeness (QED) is 0.872. The van der Waals surface area contributed by atoms with Crippen LogP contribution in [0.5, 0.6) is 5.75 Å². The lowest BCUT2D eigenvalue weighted by Crippen LogP contribution is -2.17. The van der Waals surface area contributed by atoms with E-state index in [0.717, 1.165) is 17.3 Å². The third kappa shape index (κ3) is 3.40. The van der Waals surface area contributed by atoms with Crippen molar-refractivity contribution >= 4 is 11.5 Å². The first-order valence-electron chi connectivity index (χ1n) is 6.68. The second-order valence-electron chi connectivity index (χ2n) is 5.21. The number of ketones is 1. The van der Waals surface area contributed by atoms with Crippen LogP contribution >= 0.6 is 0 Å². The number of aryl methyl sites for hydroxylation is 1. The maximum atomic E-state index is 13.6. The van der Waals surface area contributed by atoms with Gasteiger partial charge in [-0.1, -0.05) is 17.7 Å². The number of benzene rings is 2. The minimum Gasteiger partial charge on any atom is -0.507 e. The third-order valence-electron chi connectivity index (χ3n) is 3.42. The predicted molar refractivity (Wildman–Crippen MR) is 81.4 cm³/mol. The number of rotatable bonds is 4. The number of carbonyl (C=O) groups is 1. The van der Waals surface area contributed by atoms with Gasteiger partial charge in [0.25, 0.3) is 0 Å². The molecule has 0 aliphatic heterocycles. The standard InChI is InChI=1S/C17H18FNO2/c1-11-4-6-15(7-5-11)19(3)10-13-8-14(18)9-16(12(2)20)17(13)21/h4-9,21H,10H2,1-3H3. The highest BCUT2D eigenvalue weighted by Crippen LogP contribution is 2.27. The number of Topliss-reactive ketones (excluding diaryl/α,β-unsaturated/α-hetero) is 1. The lowest BCUT2D eigenvalue weighted by Gasteiger charge is -2.21. The second-order valence-corrected chi connectivity index (χ2v) is 5.21. The molecule has 0 saturated heterocycles. The van der Waals surface area contributed by atoms with Gasteiger partial charge < -0.3 is 10.0 Å². The summed E-state index contributed by atoms with van der Waals surface area (Å²) in [7, 11) is 1.85. The molecule has 0 spiro atoms. The van der Waals surface area contributed by atoms with E-state index < -0.39 is 5.82 Å². The van der Waals surface area contributed by atoms with Crippen molar-refractivity contribution < 1.29 is 14.3 Å². The fourth-order valence-corrected chi connectivity index (χ4v) is 2.19. The normalized spacial score (nSPS) is 10.5. The van der Waals surface area contributed by atoms with Crippen molar-refractivity contribution in [1.82, 2.24) is 0 Å². The highest BCUT2D eigenvalue weighted by Gasteiger charge is 2.15. The fraction of sp³-hybridized carbons (Fsp3) is 0.235. The van der Waals surface area contributed by atoms with Crippen molar-refractivity contribution in [3.05, 3.63) is 58.9 Å². The number of phenols is 1. The van der Waals surface area contributed by atoms with Crippen molar-refractivity contribution in [3.8, 4) is 5.75 Å². The van der Waals surface area contributed by atoms with Gasteiger partial charge >= 0.3 is 0 Å². The van der Waals surface area contributed by atoms with E-state index in [2.05, 4.69) is 0 Å². The SMILES string of the molecule is CC(=O)c1cc(F)cc(CN(C)c2ccc(C)cc2)c1O. The monoisotopic (exact) mass is 287 g/mol. The van der Waals surface area contributed by atoms with Crippen LogP contribution in [0.2, 0.25) is 0 Å². The fourth-order valence-electron chi connectivity index (χ4n) is 2.19. The summed E-state index contributed by atoms with van der Waals surface area (Å²) >= 11 is 0. The number of carbonyl (C=O) groups excluding carboxylic acids is 1. The zero-order valence-corrected chi connectivity index (χ0v) is 12.4.